The van der Waals surface area contributed by atoms with Crippen LogP contribution in [0.3, 0.4) is 0 Å². The van der Waals surface area contributed by atoms with Crippen LogP contribution in [0.4, 0.5) is 0 Å². The molecule has 3 aliphatic heterocycles. The molecule has 1 N–H and O–H groups in total. The van der Waals surface area contributed by atoms with Crippen molar-refractivity contribution in [3.8, 4) is 0 Å². The molecular weight excluding hydrogens is 298 g/mol. The number of piperidine rings is 3. The molecule has 0 radical (unpaired) electrons. The Balaban J connectivity index is 1.52. The van der Waals surface area contributed by atoms with Crippen molar-refractivity contribution in [2.75, 3.05) is 26.2 Å². The van der Waals surface area contributed by atoms with Gasteiger partial charge in [-0.3, -0.25) is 14.6 Å². The van der Waals surface area contributed by atoms with Crippen molar-refractivity contribution in [2.45, 2.75) is 70.5 Å². The van der Waals surface area contributed by atoms with Crippen molar-refractivity contribution >= 4 is 5.91 Å². The topological polar surface area (TPSA) is 35.6 Å². The fourth-order valence-electron chi connectivity index (χ4n) is 5.81. The number of carbonyl (C=O) groups excluding carboxylic acids is 1. The molecule has 1 amide bonds. The predicted octanol–water partition coefficient (Wildman–Crippen LogP) is 2.41. The number of hydrogen-bond donors (Lipinski definition) is 1. The molecule has 0 spiro atoms. The van der Waals surface area contributed by atoms with Gasteiger partial charge in [0.1, 0.15) is 0 Å². The summed E-state index contributed by atoms with van der Waals surface area (Å²) in [6, 6.07) is 1.57. The van der Waals surface area contributed by atoms with E-state index < -0.39 is 0 Å². The SMILES string of the molecule is CC(C)NC(=O)CN1CCCC2=C[C@H]3C[C@@H](CN4CCCC[C@H]34)[C@@H]21. The van der Waals surface area contributed by atoms with E-state index >= 15 is 0 Å². The van der Waals surface area contributed by atoms with Crippen LogP contribution in [0.2, 0.25) is 0 Å². The van der Waals surface area contributed by atoms with Crippen LogP contribution in [0.5, 0.6) is 0 Å². The molecule has 134 valence electrons. The van der Waals surface area contributed by atoms with Crippen LogP contribution in [0.15, 0.2) is 11.6 Å². The highest BCUT2D eigenvalue weighted by Crippen LogP contribution is 2.44. The fraction of sp³-hybridized carbons (Fsp3) is 0.850. The van der Waals surface area contributed by atoms with E-state index in [1.165, 1.54) is 51.6 Å². The first-order chi connectivity index (χ1) is 11.6. The zero-order chi connectivity index (χ0) is 16.7. The number of hydrogen-bond acceptors (Lipinski definition) is 3. The Morgan fingerprint density at radius 1 is 1.29 bits per heavy atom. The Kier molecular flexibility index (Phi) is 4.70. The number of rotatable bonds is 3. The normalized spacial score (nSPS) is 36.7. The molecule has 4 atom stereocenters. The van der Waals surface area contributed by atoms with Crippen LogP contribution < -0.4 is 5.32 Å². The summed E-state index contributed by atoms with van der Waals surface area (Å²) >= 11 is 0. The van der Waals surface area contributed by atoms with Gasteiger partial charge in [0.2, 0.25) is 5.91 Å². The van der Waals surface area contributed by atoms with E-state index in [-0.39, 0.29) is 11.9 Å². The van der Waals surface area contributed by atoms with E-state index in [4.69, 9.17) is 0 Å². The van der Waals surface area contributed by atoms with Gasteiger partial charge >= 0.3 is 0 Å². The van der Waals surface area contributed by atoms with Gasteiger partial charge in [0, 0.05) is 24.7 Å². The first kappa shape index (κ1) is 16.6. The Morgan fingerprint density at radius 3 is 3.00 bits per heavy atom. The van der Waals surface area contributed by atoms with E-state index in [0.29, 0.717) is 12.6 Å². The molecular formula is C20H33N3O. The highest BCUT2D eigenvalue weighted by molar-refractivity contribution is 5.78. The Hall–Kier alpha value is -0.870. The molecule has 4 heteroatoms. The Bertz CT molecular complexity index is 515. The van der Waals surface area contributed by atoms with Gasteiger partial charge in [0.05, 0.1) is 6.54 Å². The summed E-state index contributed by atoms with van der Waals surface area (Å²) in [6.07, 6.45) is 10.6. The van der Waals surface area contributed by atoms with Crippen molar-refractivity contribution in [1.82, 2.24) is 15.1 Å². The zero-order valence-corrected chi connectivity index (χ0v) is 15.3. The minimum absolute atomic E-state index is 0.194. The molecule has 0 aromatic carbocycles. The van der Waals surface area contributed by atoms with E-state index in [2.05, 4.69) is 21.2 Å². The van der Waals surface area contributed by atoms with Gasteiger partial charge in [-0.1, -0.05) is 18.1 Å². The first-order valence-electron chi connectivity index (χ1n) is 10.1. The lowest BCUT2D eigenvalue weighted by molar-refractivity contribution is -0.124. The maximum absolute atomic E-state index is 12.3. The van der Waals surface area contributed by atoms with Gasteiger partial charge in [0.15, 0.2) is 0 Å². The average molecular weight is 332 g/mol. The molecule has 4 aliphatic rings. The standard InChI is InChI=1S/C20H33N3O/c1-14(2)21-19(24)13-23-9-5-6-15-10-16-11-17(20(15)23)12-22-8-4-3-7-18(16)22/h10,14,16-18,20H,3-9,11-13H2,1-2H3,(H,21,24)/t16-,17-,18+,20+/m0/s1. The lowest BCUT2D eigenvalue weighted by Gasteiger charge is -2.54. The smallest absolute Gasteiger partial charge is 0.234 e. The molecule has 0 aromatic heterocycles. The summed E-state index contributed by atoms with van der Waals surface area (Å²) in [5, 5.41) is 3.08. The van der Waals surface area contributed by atoms with Crippen molar-refractivity contribution in [3.05, 3.63) is 11.6 Å². The minimum atomic E-state index is 0.194. The second-order valence-electron chi connectivity index (χ2n) is 8.70. The average Bonchev–Trinajstić information content (AvgIpc) is 2.54. The third-order valence-corrected chi connectivity index (χ3v) is 6.56. The Morgan fingerprint density at radius 2 is 2.17 bits per heavy atom. The summed E-state index contributed by atoms with van der Waals surface area (Å²) in [4.78, 5) is 17.6. The van der Waals surface area contributed by atoms with Crippen LogP contribution in [0.1, 0.15) is 52.4 Å². The quantitative estimate of drug-likeness (QED) is 0.807. The van der Waals surface area contributed by atoms with E-state index in [1.807, 2.05) is 13.8 Å². The molecule has 3 heterocycles. The molecule has 3 fully saturated rings. The number of nitrogens with zero attached hydrogens (tertiary/aromatic N) is 2. The molecule has 3 saturated heterocycles. The lowest BCUT2D eigenvalue weighted by atomic mass is 9.68. The summed E-state index contributed by atoms with van der Waals surface area (Å²) in [5.74, 6) is 1.70. The third-order valence-electron chi connectivity index (χ3n) is 6.56. The van der Waals surface area contributed by atoms with Gasteiger partial charge in [0.25, 0.3) is 0 Å². The zero-order valence-electron chi connectivity index (χ0n) is 15.3. The van der Waals surface area contributed by atoms with Crippen molar-refractivity contribution < 1.29 is 4.79 Å². The highest BCUT2D eigenvalue weighted by Gasteiger charge is 2.45. The molecule has 1 aliphatic carbocycles. The second kappa shape index (κ2) is 6.80. The summed E-state index contributed by atoms with van der Waals surface area (Å²) in [7, 11) is 0. The Labute approximate surface area is 146 Å². The van der Waals surface area contributed by atoms with Crippen LogP contribution in [0, 0.1) is 11.8 Å². The van der Waals surface area contributed by atoms with Crippen molar-refractivity contribution in [2.24, 2.45) is 11.8 Å². The highest BCUT2D eigenvalue weighted by atomic mass is 16.2. The van der Waals surface area contributed by atoms with Gasteiger partial charge < -0.3 is 5.32 Å². The number of fused-ring (bicyclic) bond motifs is 6. The predicted molar refractivity (Wildman–Crippen MR) is 96.8 cm³/mol. The number of carbonyl (C=O) groups is 1. The number of likely N-dealkylation sites (tertiary alicyclic amines) is 1. The van der Waals surface area contributed by atoms with E-state index in [1.54, 1.807) is 5.57 Å². The third kappa shape index (κ3) is 3.15. The molecule has 0 unspecified atom stereocenters. The number of nitrogens with one attached hydrogen (secondary N) is 1. The van der Waals surface area contributed by atoms with Gasteiger partial charge in [-0.15, -0.1) is 0 Å². The van der Waals surface area contributed by atoms with Crippen LogP contribution in [0.25, 0.3) is 0 Å². The van der Waals surface area contributed by atoms with Crippen LogP contribution in [-0.2, 0) is 4.79 Å². The van der Waals surface area contributed by atoms with E-state index in [0.717, 1.165) is 24.4 Å². The number of amides is 1. The molecule has 4 rings (SSSR count). The van der Waals surface area contributed by atoms with Crippen molar-refractivity contribution in [1.29, 1.82) is 0 Å². The lowest BCUT2D eigenvalue weighted by Crippen LogP contribution is -2.60. The van der Waals surface area contributed by atoms with Gasteiger partial charge in [-0.05, 0) is 70.9 Å². The fourth-order valence-corrected chi connectivity index (χ4v) is 5.81. The minimum Gasteiger partial charge on any atom is -0.353 e. The van der Waals surface area contributed by atoms with E-state index in [9.17, 15) is 4.79 Å². The molecule has 0 aromatic rings. The largest absolute Gasteiger partial charge is 0.353 e. The second-order valence-corrected chi connectivity index (χ2v) is 8.70. The molecule has 2 bridgehead atoms. The first-order valence-corrected chi connectivity index (χ1v) is 10.1. The molecule has 4 nitrogen and oxygen atoms in total. The van der Waals surface area contributed by atoms with Crippen LogP contribution in [-0.4, -0.2) is 60.0 Å². The van der Waals surface area contributed by atoms with Crippen molar-refractivity contribution in [3.63, 3.8) is 0 Å². The van der Waals surface area contributed by atoms with Gasteiger partial charge in [-0.2, -0.15) is 0 Å². The summed E-state index contributed by atoms with van der Waals surface area (Å²) in [6.45, 7) is 8.29. The maximum Gasteiger partial charge on any atom is 0.234 e. The maximum atomic E-state index is 12.3. The summed E-state index contributed by atoms with van der Waals surface area (Å²) < 4.78 is 0. The van der Waals surface area contributed by atoms with Crippen LogP contribution >= 0.6 is 0 Å². The molecule has 0 saturated carbocycles. The summed E-state index contributed by atoms with van der Waals surface area (Å²) in [5.41, 5.74) is 1.66. The molecule has 24 heavy (non-hydrogen) atoms. The van der Waals surface area contributed by atoms with Gasteiger partial charge in [-0.25, -0.2) is 0 Å². The monoisotopic (exact) mass is 331 g/mol.